The van der Waals surface area contributed by atoms with Gasteiger partial charge in [-0.3, -0.25) is 4.79 Å². The number of aryl methyl sites for hydroxylation is 1. The van der Waals surface area contributed by atoms with Gasteiger partial charge in [0, 0.05) is 22.9 Å². The third-order valence-electron chi connectivity index (χ3n) is 6.81. The zero-order valence-electron chi connectivity index (χ0n) is 18.4. The number of fused-ring (bicyclic) bond motifs is 5. The highest BCUT2D eigenvalue weighted by Crippen LogP contribution is 2.55. The molecule has 1 amide bonds. The van der Waals surface area contributed by atoms with Crippen LogP contribution in [-0.2, 0) is 16.8 Å². The summed E-state index contributed by atoms with van der Waals surface area (Å²) in [4.78, 5) is 19.1. The fourth-order valence-electron chi connectivity index (χ4n) is 5.15. The zero-order chi connectivity index (χ0) is 22.9. The van der Waals surface area contributed by atoms with Crippen LogP contribution in [0.5, 0.6) is 17.2 Å². The van der Waals surface area contributed by atoms with Crippen molar-refractivity contribution in [3.8, 4) is 28.6 Å². The van der Waals surface area contributed by atoms with E-state index in [4.69, 9.17) is 14.2 Å². The first-order valence-electron chi connectivity index (χ1n) is 11.1. The van der Waals surface area contributed by atoms with Crippen LogP contribution in [0.1, 0.15) is 22.5 Å². The van der Waals surface area contributed by atoms with Gasteiger partial charge >= 0.3 is 0 Å². The quantitative estimate of drug-likeness (QED) is 0.510. The Labute approximate surface area is 195 Å². The molecule has 4 aromatic rings. The number of H-pyrrole nitrogens is 1. The molecule has 8 heteroatoms. The maximum Gasteiger partial charge on any atom is 0.246 e. The summed E-state index contributed by atoms with van der Waals surface area (Å²) in [5, 5.41) is 8.18. The SMILES string of the molecule is Cc1nnc(-c2ccc(CN3C(=O)C4(COc5cc6c(cc54)OCO6)c4ccccc43)cc2)[nH]1. The first-order valence-corrected chi connectivity index (χ1v) is 11.1. The highest BCUT2D eigenvalue weighted by Gasteiger charge is 2.57. The maximum absolute atomic E-state index is 14.1. The molecule has 4 heterocycles. The first kappa shape index (κ1) is 19.2. The third kappa shape index (κ3) is 2.56. The third-order valence-corrected chi connectivity index (χ3v) is 6.81. The Morgan fingerprint density at radius 3 is 2.53 bits per heavy atom. The Morgan fingerprint density at radius 1 is 0.941 bits per heavy atom. The topological polar surface area (TPSA) is 89.6 Å². The number of para-hydroxylation sites is 1. The van der Waals surface area contributed by atoms with Gasteiger partial charge in [-0.05, 0) is 30.2 Å². The molecule has 1 N–H and O–H groups in total. The first-order chi connectivity index (χ1) is 16.6. The van der Waals surface area contributed by atoms with E-state index in [1.165, 1.54) is 0 Å². The number of hydrogen-bond acceptors (Lipinski definition) is 6. The van der Waals surface area contributed by atoms with Gasteiger partial charge in [-0.25, -0.2) is 0 Å². The normalized spacial score (nSPS) is 19.4. The van der Waals surface area contributed by atoms with Gasteiger partial charge in [-0.2, -0.15) is 0 Å². The van der Waals surface area contributed by atoms with Crippen LogP contribution in [0.25, 0.3) is 11.4 Å². The van der Waals surface area contributed by atoms with Crippen LogP contribution in [0.3, 0.4) is 0 Å². The highest BCUT2D eigenvalue weighted by atomic mass is 16.7. The molecule has 3 aliphatic heterocycles. The average molecular weight is 452 g/mol. The zero-order valence-corrected chi connectivity index (χ0v) is 18.4. The average Bonchev–Trinajstić information content (AvgIpc) is 3.63. The minimum absolute atomic E-state index is 0.00116. The number of amides is 1. The van der Waals surface area contributed by atoms with Crippen molar-refractivity contribution >= 4 is 11.6 Å². The van der Waals surface area contributed by atoms with E-state index in [2.05, 4.69) is 15.2 Å². The molecule has 168 valence electrons. The second-order valence-electron chi connectivity index (χ2n) is 8.76. The van der Waals surface area contributed by atoms with Crippen molar-refractivity contribution in [1.82, 2.24) is 15.2 Å². The predicted molar refractivity (Wildman–Crippen MR) is 123 cm³/mol. The minimum atomic E-state index is -0.899. The Bertz CT molecular complexity index is 1460. The van der Waals surface area contributed by atoms with Gasteiger partial charge in [0.15, 0.2) is 17.3 Å². The molecule has 0 aliphatic carbocycles. The number of anilines is 1. The van der Waals surface area contributed by atoms with Crippen molar-refractivity contribution < 1.29 is 19.0 Å². The lowest BCUT2D eigenvalue weighted by atomic mass is 9.77. The Balaban J connectivity index is 1.27. The van der Waals surface area contributed by atoms with Crippen LogP contribution >= 0.6 is 0 Å². The van der Waals surface area contributed by atoms with E-state index in [-0.39, 0.29) is 19.3 Å². The second kappa shape index (κ2) is 6.84. The molecule has 0 fully saturated rings. The van der Waals surface area contributed by atoms with Crippen molar-refractivity contribution in [2.45, 2.75) is 18.9 Å². The summed E-state index contributed by atoms with van der Waals surface area (Å²) >= 11 is 0. The fourth-order valence-corrected chi connectivity index (χ4v) is 5.15. The maximum atomic E-state index is 14.1. The van der Waals surface area contributed by atoms with Crippen LogP contribution in [0.4, 0.5) is 5.69 Å². The van der Waals surface area contributed by atoms with Crippen LogP contribution in [0, 0.1) is 6.92 Å². The van der Waals surface area contributed by atoms with Gasteiger partial charge in [0.2, 0.25) is 12.7 Å². The molecule has 1 aromatic heterocycles. The monoisotopic (exact) mass is 452 g/mol. The largest absolute Gasteiger partial charge is 0.491 e. The smallest absolute Gasteiger partial charge is 0.246 e. The number of nitrogens with zero attached hydrogens (tertiary/aromatic N) is 3. The molecule has 7 rings (SSSR count). The molecule has 1 atom stereocenters. The van der Waals surface area contributed by atoms with E-state index in [0.29, 0.717) is 23.8 Å². The van der Waals surface area contributed by atoms with Gasteiger partial charge in [0.05, 0.1) is 6.54 Å². The molecule has 1 spiro atoms. The molecule has 0 bridgehead atoms. The van der Waals surface area contributed by atoms with Gasteiger partial charge in [-0.15, -0.1) is 10.2 Å². The molecule has 8 nitrogen and oxygen atoms in total. The Kier molecular flexibility index (Phi) is 3.85. The summed E-state index contributed by atoms with van der Waals surface area (Å²) in [6.45, 7) is 2.75. The highest BCUT2D eigenvalue weighted by molar-refractivity contribution is 6.11. The van der Waals surface area contributed by atoms with Crippen LogP contribution in [-0.4, -0.2) is 34.5 Å². The standard InChI is InChI=1S/C26H20N4O4/c1-15-27-24(29-28-15)17-8-6-16(7-9-17)12-30-20-5-3-2-4-18(20)26(25(30)31)13-32-21-11-23-22(10-19(21)26)33-14-34-23/h2-11H,12-14H2,1H3,(H,27,28,29). The fraction of sp³-hybridized carbons (Fsp3) is 0.192. The van der Waals surface area contributed by atoms with Gasteiger partial charge in [0.1, 0.15) is 23.6 Å². The van der Waals surface area contributed by atoms with Gasteiger partial charge in [0.25, 0.3) is 0 Å². The van der Waals surface area contributed by atoms with E-state index in [1.54, 1.807) is 0 Å². The molecule has 0 saturated heterocycles. The van der Waals surface area contributed by atoms with Crippen molar-refractivity contribution in [2.24, 2.45) is 0 Å². The molecular formula is C26H20N4O4. The molecule has 0 radical (unpaired) electrons. The summed E-state index contributed by atoms with van der Waals surface area (Å²) in [6.07, 6.45) is 0. The van der Waals surface area contributed by atoms with Gasteiger partial charge < -0.3 is 24.1 Å². The molecule has 3 aliphatic rings. The predicted octanol–water partition coefficient (Wildman–Crippen LogP) is 3.73. The number of hydrogen-bond donors (Lipinski definition) is 1. The number of carbonyl (C=O) groups excluding carboxylic acids is 1. The van der Waals surface area contributed by atoms with Crippen molar-refractivity contribution in [1.29, 1.82) is 0 Å². The summed E-state index contributed by atoms with van der Waals surface area (Å²) < 4.78 is 17.2. The van der Waals surface area contributed by atoms with Crippen LogP contribution in [0.15, 0.2) is 60.7 Å². The molecule has 0 saturated carbocycles. The number of ether oxygens (including phenoxy) is 3. The molecule has 1 unspecified atom stereocenters. The minimum Gasteiger partial charge on any atom is -0.491 e. The van der Waals surface area contributed by atoms with E-state index in [9.17, 15) is 4.79 Å². The summed E-state index contributed by atoms with van der Waals surface area (Å²) in [5.41, 5.74) is 3.74. The molecular weight excluding hydrogens is 432 g/mol. The Morgan fingerprint density at radius 2 is 1.74 bits per heavy atom. The van der Waals surface area contributed by atoms with Crippen molar-refractivity contribution in [3.05, 3.63) is 83.2 Å². The van der Waals surface area contributed by atoms with Gasteiger partial charge in [-0.1, -0.05) is 42.5 Å². The molecule has 3 aromatic carbocycles. The van der Waals surface area contributed by atoms with E-state index >= 15 is 0 Å². The second-order valence-corrected chi connectivity index (χ2v) is 8.76. The number of aromatic amines is 1. The van der Waals surface area contributed by atoms with Crippen LogP contribution < -0.4 is 19.1 Å². The summed E-state index contributed by atoms with van der Waals surface area (Å²) in [6, 6.07) is 19.7. The lowest BCUT2D eigenvalue weighted by Crippen LogP contribution is -2.42. The number of nitrogens with one attached hydrogen (secondary N) is 1. The number of carbonyl (C=O) groups is 1. The van der Waals surface area contributed by atoms with Crippen LogP contribution in [0.2, 0.25) is 0 Å². The lowest BCUT2D eigenvalue weighted by molar-refractivity contribution is -0.122. The summed E-state index contributed by atoms with van der Waals surface area (Å²) in [5.74, 6) is 3.45. The van der Waals surface area contributed by atoms with Crippen molar-refractivity contribution in [2.75, 3.05) is 18.3 Å². The molecule has 34 heavy (non-hydrogen) atoms. The summed E-state index contributed by atoms with van der Waals surface area (Å²) in [7, 11) is 0. The van der Waals surface area contributed by atoms with Crippen molar-refractivity contribution in [3.63, 3.8) is 0 Å². The lowest BCUT2D eigenvalue weighted by Gasteiger charge is -2.23. The Hall–Kier alpha value is -4.33. The van der Waals surface area contributed by atoms with E-state index < -0.39 is 5.41 Å². The number of rotatable bonds is 3. The number of aromatic nitrogens is 3. The van der Waals surface area contributed by atoms with E-state index in [0.717, 1.165) is 39.6 Å². The number of benzene rings is 3. The van der Waals surface area contributed by atoms with E-state index in [1.807, 2.05) is 72.5 Å².